The Balaban J connectivity index is 0.000000169. The second-order valence-electron chi connectivity index (χ2n) is 10.5. The first-order valence-corrected chi connectivity index (χ1v) is 13.2. The van der Waals surface area contributed by atoms with E-state index in [0.717, 1.165) is 16.7 Å². The molecule has 3 N–H and O–H groups in total. The number of aliphatic imine (C=N–C) groups is 1. The molecule has 0 unspecified atom stereocenters. The van der Waals surface area contributed by atoms with Crippen LogP contribution in [0.2, 0.25) is 0 Å². The average Bonchev–Trinajstić information content (AvgIpc) is 3.22. The molecule has 1 aliphatic rings. The number of aromatic hydroxyl groups is 1. The maximum atomic E-state index is 9.82. The van der Waals surface area contributed by atoms with Gasteiger partial charge < -0.3 is 10.8 Å². The molecule has 0 spiro atoms. The van der Waals surface area contributed by atoms with Crippen LogP contribution in [0, 0.1) is 6.92 Å². The van der Waals surface area contributed by atoms with Crippen LogP contribution in [0.4, 0.5) is 0 Å². The van der Waals surface area contributed by atoms with E-state index in [0.29, 0.717) is 11.6 Å². The molecule has 0 saturated carbocycles. The summed E-state index contributed by atoms with van der Waals surface area (Å²) in [4.78, 5) is 3.96. The Morgan fingerprint density at radius 2 is 1.26 bits per heavy atom. The minimum absolute atomic E-state index is 0.0217. The van der Waals surface area contributed by atoms with Crippen molar-refractivity contribution in [3.05, 3.63) is 138 Å². The van der Waals surface area contributed by atoms with Crippen LogP contribution in [0.5, 0.6) is 5.75 Å². The highest BCUT2D eigenvalue weighted by Gasteiger charge is 2.36. The van der Waals surface area contributed by atoms with Crippen molar-refractivity contribution in [1.82, 2.24) is 0 Å². The van der Waals surface area contributed by atoms with Crippen molar-refractivity contribution in [1.29, 1.82) is 0 Å². The molecular weight excluding hydrogens is 476 g/mol. The van der Waals surface area contributed by atoms with Crippen LogP contribution in [0.3, 0.4) is 0 Å². The molecule has 0 bridgehead atoms. The van der Waals surface area contributed by atoms with Crippen molar-refractivity contribution < 1.29 is 5.11 Å². The first kappa shape index (κ1) is 26.0. The largest absolute Gasteiger partial charge is 0.508 e. The molecule has 5 aromatic rings. The number of phenols is 1. The van der Waals surface area contributed by atoms with E-state index >= 15 is 0 Å². The van der Waals surface area contributed by atoms with Crippen LogP contribution in [-0.4, -0.2) is 18.0 Å². The molecule has 1 aliphatic carbocycles. The van der Waals surface area contributed by atoms with Crippen molar-refractivity contribution in [2.24, 2.45) is 10.7 Å². The van der Waals surface area contributed by atoms with Crippen molar-refractivity contribution in [2.75, 3.05) is 7.05 Å². The molecule has 0 saturated heterocycles. The van der Waals surface area contributed by atoms with E-state index in [9.17, 15) is 5.11 Å². The van der Waals surface area contributed by atoms with Gasteiger partial charge in [-0.05, 0) is 69.1 Å². The fourth-order valence-electron chi connectivity index (χ4n) is 5.41. The zero-order valence-corrected chi connectivity index (χ0v) is 22.9. The van der Waals surface area contributed by atoms with Crippen molar-refractivity contribution in [3.8, 4) is 39.1 Å². The molecule has 0 radical (unpaired) electrons. The summed E-state index contributed by atoms with van der Waals surface area (Å²) in [6, 6.07) is 39.5. The molecule has 3 heteroatoms. The van der Waals surface area contributed by atoms with Crippen LogP contribution in [-0.2, 0) is 5.41 Å². The van der Waals surface area contributed by atoms with Gasteiger partial charge in [0, 0.05) is 18.0 Å². The monoisotopic (exact) mass is 510 g/mol. The lowest BCUT2D eigenvalue weighted by atomic mass is 9.82. The number of aryl methyl sites for hydroxylation is 1. The summed E-state index contributed by atoms with van der Waals surface area (Å²) < 4.78 is 0. The molecule has 0 aliphatic heterocycles. The Kier molecular flexibility index (Phi) is 7.08. The SMILES string of the molecule is CN=C(N)c1ccc(-c2ccccc2)cc1.Cc1cc(-c2cccc3c2-c2ccccc2C3(C)C)ccc1O. The van der Waals surface area contributed by atoms with Gasteiger partial charge in [0.2, 0.25) is 0 Å². The van der Waals surface area contributed by atoms with E-state index in [2.05, 4.69) is 91.6 Å². The normalized spacial score (nSPS) is 13.2. The number of nitrogens with two attached hydrogens (primary N) is 1. The smallest absolute Gasteiger partial charge is 0.125 e. The van der Waals surface area contributed by atoms with E-state index in [-0.39, 0.29) is 5.41 Å². The Morgan fingerprint density at radius 3 is 1.95 bits per heavy atom. The molecule has 0 aromatic heterocycles. The number of nitrogens with zero attached hydrogens (tertiary/aromatic N) is 1. The summed E-state index contributed by atoms with van der Waals surface area (Å²) >= 11 is 0. The number of hydrogen-bond donors (Lipinski definition) is 2. The summed E-state index contributed by atoms with van der Waals surface area (Å²) in [5.41, 5.74) is 17.8. The number of fused-ring (bicyclic) bond motifs is 3. The number of phenolic OH excluding ortho intramolecular Hbond substituents is 1. The lowest BCUT2D eigenvalue weighted by Gasteiger charge is -2.21. The molecule has 0 heterocycles. The summed E-state index contributed by atoms with van der Waals surface area (Å²) in [7, 11) is 1.69. The van der Waals surface area contributed by atoms with Crippen LogP contribution < -0.4 is 5.73 Å². The highest BCUT2D eigenvalue weighted by atomic mass is 16.3. The molecule has 0 atom stereocenters. The molecular formula is C36H34N2O. The Bertz CT molecular complexity index is 1650. The minimum Gasteiger partial charge on any atom is -0.508 e. The van der Waals surface area contributed by atoms with E-state index in [1.165, 1.54) is 38.9 Å². The van der Waals surface area contributed by atoms with Gasteiger partial charge in [0.25, 0.3) is 0 Å². The van der Waals surface area contributed by atoms with Gasteiger partial charge in [0.15, 0.2) is 0 Å². The summed E-state index contributed by atoms with van der Waals surface area (Å²) in [6.45, 7) is 6.53. The van der Waals surface area contributed by atoms with E-state index < -0.39 is 0 Å². The van der Waals surface area contributed by atoms with Gasteiger partial charge in [-0.15, -0.1) is 0 Å². The van der Waals surface area contributed by atoms with Gasteiger partial charge in [-0.2, -0.15) is 0 Å². The molecule has 6 rings (SSSR count). The van der Waals surface area contributed by atoms with Crippen molar-refractivity contribution >= 4 is 5.84 Å². The van der Waals surface area contributed by atoms with Crippen LogP contribution in [0.1, 0.15) is 36.1 Å². The lowest BCUT2D eigenvalue weighted by molar-refractivity contribution is 0.471. The van der Waals surface area contributed by atoms with Gasteiger partial charge in [-0.25, -0.2) is 0 Å². The van der Waals surface area contributed by atoms with Crippen molar-refractivity contribution in [2.45, 2.75) is 26.2 Å². The minimum atomic E-state index is 0.0217. The van der Waals surface area contributed by atoms with Crippen LogP contribution in [0.15, 0.2) is 120 Å². The lowest BCUT2D eigenvalue weighted by Crippen LogP contribution is -2.14. The number of rotatable bonds is 3. The third-order valence-corrected chi connectivity index (χ3v) is 7.64. The fraction of sp³-hybridized carbons (Fsp3) is 0.139. The number of amidine groups is 1. The molecule has 3 nitrogen and oxygen atoms in total. The van der Waals surface area contributed by atoms with Crippen molar-refractivity contribution in [3.63, 3.8) is 0 Å². The first-order chi connectivity index (χ1) is 18.8. The average molecular weight is 511 g/mol. The highest BCUT2D eigenvalue weighted by molar-refractivity contribution is 5.97. The number of benzene rings is 5. The van der Waals surface area contributed by atoms with E-state index in [4.69, 9.17) is 5.73 Å². The number of hydrogen-bond acceptors (Lipinski definition) is 2. The summed E-state index contributed by atoms with van der Waals surface area (Å²) in [6.07, 6.45) is 0. The van der Waals surface area contributed by atoms with Gasteiger partial charge in [-0.1, -0.05) is 117 Å². The molecule has 194 valence electrons. The van der Waals surface area contributed by atoms with E-state index in [1.807, 2.05) is 43.3 Å². The van der Waals surface area contributed by atoms with Gasteiger partial charge >= 0.3 is 0 Å². The maximum absolute atomic E-state index is 9.82. The van der Waals surface area contributed by atoms with Crippen LogP contribution >= 0.6 is 0 Å². The van der Waals surface area contributed by atoms with E-state index in [1.54, 1.807) is 13.1 Å². The van der Waals surface area contributed by atoms with Gasteiger partial charge in [-0.3, -0.25) is 4.99 Å². The second-order valence-corrected chi connectivity index (χ2v) is 10.5. The second kappa shape index (κ2) is 10.6. The highest BCUT2D eigenvalue weighted by Crippen LogP contribution is 2.51. The molecule has 5 aromatic carbocycles. The predicted molar refractivity (Wildman–Crippen MR) is 164 cm³/mol. The third kappa shape index (κ3) is 4.96. The zero-order chi connectivity index (χ0) is 27.6. The predicted octanol–water partition coefficient (Wildman–Crippen LogP) is 8.36. The molecule has 0 amide bonds. The first-order valence-electron chi connectivity index (χ1n) is 13.2. The third-order valence-electron chi connectivity index (χ3n) is 7.64. The standard InChI is InChI=1S/C22H20O.C14H14N2/c1-14-13-15(11-12-20(14)23)16-8-6-10-19-21(16)17-7-4-5-9-18(17)22(19,2)3;1-16-14(15)13-9-7-12(8-10-13)11-5-3-2-4-6-11/h4-13,23H,1-3H3;2-10H,1H3,(H2,15,16). The molecule has 0 fully saturated rings. The van der Waals surface area contributed by atoms with Gasteiger partial charge in [0.05, 0.1) is 0 Å². The Labute approximate surface area is 231 Å². The Hall–Kier alpha value is -4.63. The Morgan fingerprint density at radius 1 is 0.667 bits per heavy atom. The fourth-order valence-corrected chi connectivity index (χ4v) is 5.41. The topological polar surface area (TPSA) is 58.6 Å². The maximum Gasteiger partial charge on any atom is 0.125 e. The van der Waals surface area contributed by atoms with Crippen LogP contribution in [0.25, 0.3) is 33.4 Å². The molecule has 39 heavy (non-hydrogen) atoms. The van der Waals surface area contributed by atoms with Gasteiger partial charge in [0.1, 0.15) is 11.6 Å². The summed E-state index contributed by atoms with van der Waals surface area (Å²) in [5, 5.41) is 9.82. The quantitative estimate of drug-likeness (QED) is 0.189. The zero-order valence-electron chi connectivity index (χ0n) is 22.9. The summed E-state index contributed by atoms with van der Waals surface area (Å²) in [5.74, 6) is 0.918.